The molecule has 84 valence electrons. The maximum Gasteiger partial charge on any atom is 0.0626 e. The van der Waals surface area contributed by atoms with Gasteiger partial charge in [0.1, 0.15) is 0 Å². The lowest BCUT2D eigenvalue weighted by Gasteiger charge is -2.19. The molecule has 2 atom stereocenters. The zero-order valence-electron chi connectivity index (χ0n) is 9.61. The molecular formula is C13H21NO. The molecule has 0 aliphatic rings. The first-order valence-corrected chi connectivity index (χ1v) is 5.67. The van der Waals surface area contributed by atoms with Gasteiger partial charge < -0.3 is 10.4 Å². The minimum Gasteiger partial charge on any atom is -0.394 e. The van der Waals surface area contributed by atoms with Crippen molar-refractivity contribution in [2.75, 3.05) is 13.2 Å². The van der Waals surface area contributed by atoms with Gasteiger partial charge in [0.05, 0.1) is 12.6 Å². The molecule has 1 rings (SSSR count). The third kappa shape index (κ3) is 4.02. The van der Waals surface area contributed by atoms with Crippen LogP contribution in [0.2, 0.25) is 0 Å². The lowest BCUT2D eigenvalue weighted by Crippen LogP contribution is -2.28. The highest BCUT2D eigenvalue weighted by atomic mass is 16.3. The third-order valence-electron chi connectivity index (χ3n) is 2.79. The first-order valence-electron chi connectivity index (χ1n) is 5.67. The fraction of sp³-hybridized carbons (Fsp3) is 0.538. The van der Waals surface area contributed by atoms with Crippen molar-refractivity contribution in [1.29, 1.82) is 0 Å². The van der Waals surface area contributed by atoms with Gasteiger partial charge in [0.2, 0.25) is 0 Å². The monoisotopic (exact) mass is 207 g/mol. The number of aliphatic hydroxyl groups is 1. The van der Waals surface area contributed by atoms with Crippen LogP contribution in [-0.2, 0) is 0 Å². The van der Waals surface area contributed by atoms with Crippen LogP contribution < -0.4 is 5.32 Å². The molecule has 0 saturated heterocycles. The van der Waals surface area contributed by atoms with Crippen LogP contribution in [0.5, 0.6) is 0 Å². The van der Waals surface area contributed by atoms with Crippen molar-refractivity contribution in [3.63, 3.8) is 0 Å². The van der Waals surface area contributed by atoms with Gasteiger partial charge in [-0.3, -0.25) is 0 Å². The predicted molar refractivity (Wildman–Crippen MR) is 63.7 cm³/mol. The molecule has 0 spiro atoms. The van der Waals surface area contributed by atoms with E-state index >= 15 is 0 Å². The summed E-state index contributed by atoms with van der Waals surface area (Å²) in [6.07, 6.45) is 1.17. The predicted octanol–water partition coefficient (Wildman–Crippen LogP) is 2.36. The van der Waals surface area contributed by atoms with E-state index in [1.807, 2.05) is 30.3 Å². The van der Waals surface area contributed by atoms with E-state index in [1.54, 1.807) is 0 Å². The van der Waals surface area contributed by atoms with Gasteiger partial charge in [-0.25, -0.2) is 0 Å². The summed E-state index contributed by atoms with van der Waals surface area (Å²) in [6, 6.07) is 10.2. The van der Waals surface area contributed by atoms with Crippen LogP contribution in [-0.4, -0.2) is 18.3 Å². The zero-order chi connectivity index (χ0) is 11.1. The molecule has 0 amide bonds. The van der Waals surface area contributed by atoms with Crippen LogP contribution >= 0.6 is 0 Å². The smallest absolute Gasteiger partial charge is 0.0626 e. The van der Waals surface area contributed by atoms with E-state index in [0.29, 0.717) is 5.92 Å². The molecule has 2 heteroatoms. The van der Waals surface area contributed by atoms with Crippen LogP contribution in [0.3, 0.4) is 0 Å². The Bertz CT molecular complexity index is 260. The average molecular weight is 207 g/mol. The Labute approximate surface area is 92.3 Å². The highest BCUT2D eigenvalue weighted by Gasteiger charge is 2.09. The van der Waals surface area contributed by atoms with Crippen molar-refractivity contribution in [3.05, 3.63) is 35.9 Å². The van der Waals surface area contributed by atoms with E-state index in [4.69, 9.17) is 0 Å². The molecule has 0 bridgehead atoms. The lowest BCUT2D eigenvalue weighted by atomic mass is 10.1. The van der Waals surface area contributed by atoms with Gasteiger partial charge in [-0.05, 0) is 18.0 Å². The first-order chi connectivity index (χ1) is 7.27. The lowest BCUT2D eigenvalue weighted by molar-refractivity contribution is 0.239. The molecule has 0 heterocycles. The Morgan fingerprint density at radius 1 is 1.27 bits per heavy atom. The van der Waals surface area contributed by atoms with Crippen molar-refractivity contribution < 1.29 is 5.11 Å². The highest BCUT2D eigenvalue weighted by molar-refractivity contribution is 5.18. The molecule has 0 radical (unpaired) electrons. The van der Waals surface area contributed by atoms with Gasteiger partial charge in [0.15, 0.2) is 0 Å². The Morgan fingerprint density at radius 2 is 1.93 bits per heavy atom. The van der Waals surface area contributed by atoms with Crippen molar-refractivity contribution in [3.8, 4) is 0 Å². The summed E-state index contributed by atoms with van der Waals surface area (Å²) in [5.74, 6) is 0.655. The SMILES string of the molecule is CC[C@H](C)CN[C@H](CO)c1ccccc1. The Balaban J connectivity index is 2.50. The highest BCUT2D eigenvalue weighted by Crippen LogP contribution is 2.12. The van der Waals surface area contributed by atoms with Gasteiger partial charge in [-0.15, -0.1) is 0 Å². The maximum absolute atomic E-state index is 9.30. The van der Waals surface area contributed by atoms with E-state index in [1.165, 1.54) is 6.42 Å². The summed E-state index contributed by atoms with van der Waals surface area (Å²) in [7, 11) is 0. The molecule has 0 saturated carbocycles. The number of aliphatic hydroxyl groups excluding tert-OH is 1. The standard InChI is InChI=1S/C13H21NO/c1-3-11(2)9-14-13(10-15)12-7-5-4-6-8-12/h4-8,11,13-15H,3,9-10H2,1-2H3/t11-,13+/m0/s1. The molecule has 0 fully saturated rings. The largest absolute Gasteiger partial charge is 0.394 e. The molecular weight excluding hydrogens is 186 g/mol. The van der Waals surface area contributed by atoms with Gasteiger partial charge in [-0.2, -0.15) is 0 Å². The molecule has 15 heavy (non-hydrogen) atoms. The number of rotatable bonds is 6. The van der Waals surface area contributed by atoms with Crippen LogP contribution in [0.1, 0.15) is 31.9 Å². The second-order valence-corrected chi connectivity index (χ2v) is 4.07. The van der Waals surface area contributed by atoms with E-state index < -0.39 is 0 Å². The van der Waals surface area contributed by atoms with Gasteiger partial charge in [-0.1, -0.05) is 50.6 Å². The Kier molecular flexibility index (Phi) is 5.37. The summed E-state index contributed by atoms with van der Waals surface area (Å²) >= 11 is 0. The number of benzene rings is 1. The number of nitrogens with one attached hydrogen (secondary N) is 1. The molecule has 1 aromatic rings. The minimum atomic E-state index is 0.0696. The molecule has 2 nitrogen and oxygen atoms in total. The molecule has 0 aliphatic heterocycles. The van der Waals surface area contributed by atoms with Crippen LogP contribution in [0.4, 0.5) is 0 Å². The fourth-order valence-corrected chi connectivity index (χ4v) is 1.46. The van der Waals surface area contributed by atoms with E-state index in [-0.39, 0.29) is 12.6 Å². The topological polar surface area (TPSA) is 32.3 Å². The fourth-order valence-electron chi connectivity index (χ4n) is 1.46. The summed E-state index contributed by atoms with van der Waals surface area (Å²) in [5.41, 5.74) is 1.16. The minimum absolute atomic E-state index is 0.0696. The van der Waals surface area contributed by atoms with Crippen molar-refractivity contribution in [1.82, 2.24) is 5.32 Å². The Morgan fingerprint density at radius 3 is 2.47 bits per heavy atom. The Hall–Kier alpha value is -0.860. The third-order valence-corrected chi connectivity index (χ3v) is 2.79. The van der Waals surface area contributed by atoms with Crippen molar-refractivity contribution in [2.45, 2.75) is 26.3 Å². The van der Waals surface area contributed by atoms with Crippen molar-refractivity contribution >= 4 is 0 Å². The van der Waals surface area contributed by atoms with Crippen LogP contribution in [0.25, 0.3) is 0 Å². The average Bonchev–Trinajstić information content (AvgIpc) is 2.31. The van der Waals surface area contributed by atoms with E-state index in [2.05, 4.69) is 19.2 Å². The molecule has 1 aromatic carbocycles. The molecule has 0 aromatic heterocycles. The zero-order valence-corrected chi connectivity index (χ0v) is 9.61. The van der Waals surface area contributed by atoms with Crippen molar-refractivity contribution in [2.24, 2.45) is 5.92 Å². The van der Waals surface area contributed by atoms with E-state index in [0.717, 1.165) is 12.1 Å². The second-order valence-electron chi connectivity index (χ2n) is 4.07. The van der Waals surface area contributed by atoms with Gasteiger partial charge in [0, 0.05) is 0 Å². The van der Waals surface area contributed by atoms with E-state index in [9.17, 15) is 5.11 Å². The number of hydrogen-bond acceptors (Lipinski definition) is 2. The van der Waals surface area contributed by atoms with Crippen LogP contribution in [0, 0.1) is 5.92 Å². The summed E-state index contributed by atoms with van der Waals surface area (Å²) in [5, 5.41) is 12.7. The summed E-state index contributed by atoms with van der Waals surface area (Å²) in [4.78, 5) is 0. The normalized spacial score (nSPS) is 14.9. The molecule has 2 N–H and O–H groups in total. The quantitative estimate of drug-likeness (QED) is 0.750. The molecule has 0 unspecified atom stereocenters. The van der Waals surface area contributed by atoms with Crippen LogP contribution in [0.15, 0.2) is 30.3 Å². The summed E-state index contributed by atoms with van der Waals surface area (Å²) < 4.78 is 0. The summed E-state index contributed by atoms with van der Waals surface area (Å²) in [6.45, 7) is 5.51. The maximum atomic E-state index is 9.30. The van der Waals surface area contributed by atoms with Gasteiger partial charge in [0.25, 0.3) is 0 Å². The van der Waals surface area contributed by atoms with Gasteiger partial charge >= 0.3 is 0 Å². The first kappa shape index (κ1) is 12.2. The second kappa shape index (κ2) is 6.59. The molecule has 0 aliphatic carbocycles. The number of hydrogen-bond donors (Lipinski definition) is 2.